The van der Waals surface area contributed by atoms with Gasteiger partial charge in [0, 0.05) is 22.3 Å². The summed E-state index contributed by atoms with van der Waals surface area (Å²) in [6.45, 7) is 4.18. The first-order valence-electron chi connectivity index (χ1n) is 12.2. The number of rotatable bonds is 0. The van der Waals surface area contributed by atoms with Gasteiger partial charge < -0.3 is 0 Å². The summed E-state index contributed by atoms with van der Waals surface area (Å²) in [5.74, 6) is 13.2. The molecular formula is C36H24. The Labute approximate surface area is 212 Å². The molecule has 0 aromatic heterocycles. The van der Waals surface area contributed by atoms with Crippen molar-refractivity contribution in [3.05, 3.63) is 143 Å². The fourth-order valence-electron chi connectivity index (χ4n) is 4.47. The van der Waals surface area contributed by atoms with Crippen molar-refractivity contribution in [2.75, 3.05) is 0 Å². The maximum Gasteiger partial charge on any atom is 0.0255 e. The summed E-state index contributed by atoms with van der Waals surface area (Å²) in [6.07, 6.45) is 0. The van der Waals surface area contributed by atoms with E-state index in [0.29, 0.717) is 0 Å². The number of hydrogen-bond donors (Lipinski definition) is 0. The second kappa shape index (κ2) is 9.11. The molecule has 0 fully saturated rings. The molecule has 0 atom stereocenters. The van der Waals surface area contributed by atoms with Crippen molar-refractivity contribution >= 4 is 32.3 Å². The average Bonchev–Trinajstić information content (AvgIpc) is 2.90. The molecule has 36 heavy (non-hydrogen) atoms. The van der Waals surface area contributed by atoms with Gasteiger partial charge in [-0.25, -0.2) is 0 Å². The van der Waals surface area contributed by atoms with Gasteiger partial charge in [0.15, 0.2) is 0 Å². The van der Waals surface area contributed by atoms with Crippen molar-refractivity contribution in [1.29, 1.82) is 0 Å². The summed E-state index contributed by atoms with van der Waals surface area (Å²) < 4.78 is 0. The van der Waals surface area contributed by atoms with E-state index in [2.05, 4.69) is 147 Å². The first-order chi connectivity index (χ1) is 17.6. The summed E-state index contributed by atoms with van der Waals surface area (Å²) in [6, 6.07) is 38.7. The predicted molar refractivity (Wildman–Crippen MR) is 153 cm³/mol. The van der Waals surface area contributed by atoms with E-state index in [-0.39, 0.29) is 0 Å². The van der Waals surface area contributed by atoms with Gasteiger partial charge in [-0.05, 0) is 119 Å². The molecule has 0 amide bonds. The summed E-state index contributed by atoms with van der Waals surface area (Å²) in [4.78, 5) is 0. The van der Waals surface area contributed by atoms with Crippen LogP contribution in [0.3, 0.4) is 0 Å². The second-order valence-corrected chi connectivity index (χ2v) is 9.41. The van der Waals surface area contributed by atoms with Gasteiger partial charge in [0.1, 0.15) is 0 Å². The first kappa shape index (κ1) is 21.7. The first-order valence-corrected chi connectivity index (χ1v) is 12.2. The maximum absolute atomic E-state index is 3.32. The van der Waals surface area contributed by atoms with E-state index in [0.717, 1.165) is 22.3 Å². The van der Waals surface area contributed by atoms with Crippen LogP contribution >= 0.6 is 0 Å². The lowest BCUT2D eigenvalue weighted by Gasteiger charge is -2.06. The standard InChI is InChI=1S/C36H24/c1-25-3-7-27(8-4-25)11-13-29-15-17-31-21-36-24-34-20-30(14-12-28-9-5-26(2)6-10-28)16-18-32(34)22-35(36)23-33(31)19-29/h3-10,15-24H,1-2H3. The fraction of sp³-hybridized carbons (Fsp3) is 0.0556. The number of hydrogen-bond acceptors (Lipinski definition) is 0. The molecule has 0 heterocycles. The molecule has 0 spiro atoms. The normalized spacial score (nSPS) is 10.6. The maximum atomic E-state index is 3.32. The molecule has 6 aromatic rings. The monoisotopic (exact) mass is 456 g/mol. The summed E-state index contributed by atoms with van der Waals surface area (Å²) in [5.41, 5.74) is 6.62. The molecule has 168 valence electrons. The van der Waals surface area contributed by atoms with Crippen molar-refractivity contribution in [3.63, 3.8) is 0 Å². The average molecular weight is 457 g/mol. The highest BCUT2D eigenvalue weighted by Gasteiger charge is 2.03. The third kappa shape index (κ3) is 4.59. The quantitative estimate of drug-likeness (QED) is 0.159. The zero-order valence-electron chi connectivity index (χ0n) is 20.4. The van der Waals surface area contributed by atoms with Crippen LogP contribution in [0.25, 0.3) is 32.3 Å². The number of benzene rings is 6. The lowest BCUT2D eigenvalue weighted by Crippen LogP contribution is -1.83. The molecule has 0 heteroatoms. The summed E-state index contributed by atoms with van der Waals surface area (Å²) in [7, 11) is 0. The van der Waals surface area contributed by atoms with Crippen LogP contribution in [0.5, 0.6) is 0 Å². The van der Waals surface area contributed by atoms with Crippen LogP contribution in [-0.2, 0) is 0 Å². The Morgan fingerprint density at radius 3 is 1.03 bits per heavy atom. The van der Waals surface area contributed by atoms with Crippen LogP contribution in [0.2, 0.25) is 0 Å². The highest BCUT2D eigenvalue weighted by atomic mass is 14.1. The topological polar surface area (TPSA) is 0 Å². The Hall–Kier alpha value is -4.78. The number of aryl methyl sites for hydroxylation is 2. The highest BCUT2D eigenvalue weighted by molar-refractivity contribution is 6.05. The van der Waals surface area contributed by atoms with E-state index < -0.39 is 0 Å². The van der Waals surface area contributed by atoms with Gasteiger partial charge in [-0.2, -0.15) is 0 Å². The van der Waals surface area contributed by atoms with Crippen molar-refractivity contribution < 1.29 is 0 Å². The van der Waals surface area contributed by atoms with Crippen LogP contribution in [0.1, 0.15) is 33.4 Å². The van der Waals surface area contributed by atoms with Crippen LogP contribution in [0, 0.1) is 37.5 Å². The number of fused-ring (bicyclic) bond motifs is 3. The molecule has 0 nitrogen and oxygen atoms in total. The minimum Gasteiger partial charge on any atom is -0.0617 e. The molecule has 0 saturated heterocycles. The molecule has 0 N–H and O–H groups in total. The molecule has 0 saturated carbocycles. The van der Waals surface area contributed by atoms with Crippen molar-refractivity contribution in [2.24, 2.45) is 0 Å². The van der Waals surface area contributed by atoms with Crippen LogP contribution in [0.15, 0.2) is 109 Å². The van der Waals surface area contributed by atoms with Crippen molar-refractivity contribution in [3.8, 4) is 23.7 Å². The Morgan fingerprint density at radius 2 is 0.611 bits per heavy atom. The fourth-order valence-corrected chi connectivity index (χ4v) is 4.47. The van der Waals surface area contributed by atoms with E-state index >= 15 is 0 Å². The minimum atomic E-state index is 1.03. The zero-order chi connectivity index (χ0) is 24.5. The minimum absolute atomic E-state index is 1.03. The van der Waals surface area contributed by atoms with Gasteiger partial charge in [0.2, 0.25) is 0 Å². The Bertz CT molecular complexity index is 1740. The van der Waals surface area contributed by atoms with E-state index in [4.69, 9.17) is 0 Å². The van der Waals surface area contributed by atoms with Gasteiger partial charge >= 0.3 is 0 Å². The Kier molecular flexibility index (Phi) is 5.50. The molecule has 0 radical (unpaired) electrons. The van der Waals surface area contributed by atoms with Gasteiger partial charge in [-0.3, -0.25) is 0 Å². The molecule has 0 aliphatic heterocycles. The second-order valence-electron chi connectivity index (χ2n) is 9.41. The van der Waals surface area contributed by atoms with Gasteiger partial charge in [-0.15, -0.1) is 0 Å². The molecule has 0 bridgehead atoms. The van der Waals surface area contributed by atoms with Gasteiger partial charge in [-0.1, -0.05) is 71.2 Å². The lowest BCUT2D eigenvalue weighted by molar-refractivity contribution is 1.46. The van der Waals surface area contributed by atoms with E-state index in [1.54, 1.807) is 0 Å². The van der Waals surface area contributed by atoms with Crippen molar-refractivity contribution in [2.45, 2.75) is 13.8 Å². The van der Waals surface area contributed by atoms with E-state index in [1.807, 2.05) is 0 Å². The molecule has 0 aliphatic carbocycles. The zero-order valence-corrected chi connectivity index (χ0v) is 20.4. The van der Waals surface area contributed by atoms with E-state index in [9.17, 15) is 0 Å². The third-order valence-electron chi connectivity index (χ3n) is 6.56. The molecule has 0 unspecified atom stereocenters. The van der Waals surface area contributed by atoms with E-state index in [1.165, 1.54) is 43.4 Å². The highest BCUT2D eigenvalue weighted by Crippen LogP contribution is 2.28. The largest absolute Gasteiger partial charge is 0.0617 e. The molecule has 6 aromatic carbocycles. The lowest BCUT2D eigenvalue weighted by atomic mass is 9.98. The smallest absolute Gasteiger partial charge is 0.0255 e. The molecule has 6 rings (SSSR count). The van der Waals surface area contributed by atoms with Crippen LogP contribution in [0.4, 0.5) is 0 Å². The molecule has 0 aliphatic rings. The van der Waals surface area contributed by atoms with Crippen LogP contribution in [-0.4, -0.2) is 0 Å². The summed E-state index contributed by atoms with van der Waals surface area (Å²) in [5, 5.41) is 7.32. The molecular weight excluding hydrogens is 432 g/mol. The van der Waals surface area contributed by atoms with Gasteiger partial charge in [0.05, 0.1) is 0 Å². The predicted octanol–water partition coefficient (Wildman–Crippen LogP) is 8.56. The summed E-state index contributed by atoms with van der Waals surface area (Å²) >= 11 is 0. The van der Waals surface area contributed by atoms with Crippen LogP contribution < -0.4 is 0 Å². The van der Waals surface area contributed by atoms with Crippen molar-refractivity contribution in [1.82, 2.24) is 0 Å². The Morgan fingerprint density at radius 1 is 0.306 bits per heavy atom. The Balaban J connectivity index is 1.35. The van der Waals surface area contributed by atoms with Gasteiger partial charge in [0.25, 0.3) is 0 Å². The third-order valence-corrected chi connectivity index (χ3v) is 6.56. The SMILES string of the molecule is Cc1ccc(C#Cc2ccc3cc4cc5cc(C#Cc6ccc(C)cc6)ccc5cc4cc3c2)cc1.